The second kappa shape index (κ2) is 8.06. The number of carbonyl (C=O) groups excluding carboxylic acids is 1. The van der Waals surface area contributed by atoms with Crippen molar-refractivity contribution in [2.45, 2.75) is 37.7 Å². The van der Waals surface area contributed by atoms with E-state index in [0.717, 1.165) is 5.69 Å². The molecule has 8 heteroatoms. The van der Waals surface area contributed by atoms with Crippen LogP contribution in [-0.2, 0) is 14.8 Å². The van der Waals surface area contributed by atoms with Crippen LogP contribution in [0.15, 0.2) is 47.4 Å². The van der Waals surface area contributed by atoms with Crippen molar-refractivity contribution in [2.24, 2.45) is 0 Å². The van der Waals surface area contributed by atoms with Gasteiger partial charge in [0, 0.05) is 37.5 Å². The summed E-state index contributed by atoms with van der Waals surface area (Å²) in [7, 11) is -3.56. The molecule has 0 bridgehead atoms. The maximum absolute atomic E-state index is 12.8. The molecule has 2 heterocycles. The second-order valence-electron chi connectivity index (χ2n) is 6.54. The molecule has 1 aliphatic rings. The van der Waals surface area contributed by atoms with Crippen LogP contribution in [0.2, 0.25) is 0 Å². The normalized spacial score (nSPS) is 16.1. The molecule has 3 rings (SSSR count). The van der Waals surface area contributed by atoms with Crippen molar-refractivity contribution in [1.82, 2.24) is 9.29 Å². The van der Waals surface area contributed by atoms with Gasteiger partial charge in [-0.3, -0.25) is 4.79 Å². The first-order valence-electron chi connectivity index (χ1n) is 8.83. The third kappa shape index (κ3) is 4.84. The van der Waals surface area contributed by atoms with E-state index in [1.54, 1.807) is 12.1 Å². The fraction of sp³-hybridized carbons (Fsp3) is 0.368. The van der Waals surface area contributed by atoms with E-state index < -0.39 is 10.0 Å². The van der Waals surface area contributed by atoms with Crippen LogP contribution in [0.4, 0.5) is 5.69 Å². The monoisotopic (exact) mass is 389 g/mol. The van der Waals surface area contributed by atoms with Crippen LogP contribution in [0, 0.1) is 6.92 Å². The molecule has 0 radical (unpaired) electrons. The number of rotatable bonds is 5. The van der Waals surface area contributed by atoms with Crippen molar-refractivity contribution in [1.29, 1.82) is 0 Å². The van der Waals surface area contributed by atoms with Gasteiger partial charge in [0.1, 0.15) is 6.10 Å². The van der Waals surface area contributed by atoms with Gasteiger partial charge in [0.2, 0.25) is 21.8 Å². The Balaban J connectivity index is 1.61. The maximum Gasteiger partial charge on any atom is 0.243 e. The number of aromatic nitrogens is 1. The highest BCUT2D eigenvalue weighted by atomic mass is 32.2. The van der Waals surface area contributed by atoms with Crippen molar-refractivity contribution in [3.8, 4) is 5.88 Å². The summed E-state index contributed by atoms with van der Waals surface area (Å²) >= 11 is 0. The lowest BCUT2D eigenvalue weighted by atomic mass is 10.1. The van der Waals surface area contributed by atoms with E-state index in [1.165, 1.54) is 23.4 Å². The quantitative estimate of drug-likeness (QED) is 0.849. The zero-order valence-electron chi connectivity index (χ0n) is 15.4. The predicted molar refractivity (Wildman–Crippen MR) is 102 cm³/mol. The number of ether oxygens (including phenoxy) is 1. The summed E-state index contributed by atoms with van der Waals surface area (Å²) in [5, 5.41) is 2.63. The minimum Gasteiger partial charge on any atom is -0.474 e. The molecule has 1 saturated heterocycles. The molecule has 1 aromatic heterocycles. The zero-order chi connectivity index (χ0) is 19.4. The van der Waals surface area contributed by atoms with E-state index in [4.69, 9.17) is 4.74 Å². The van der Waals surface area contributed by atoms with Gasteiger partial charge in [-0.1, -0.05) is 6.07 Å². The number of nitrogens with one attached hydrogen (secondary N) is 1. The average Bonchev–Trinajstić information content (AvgIpc) is 2.62. The largest absolute Gasteiger partial charge is 0.474 e. The topological polar surface area (TPSA) is 88.6 Å². The Bertz CT molecular complexity index is 905. The Hall–Kier alpha value is -2.45. The number of anilines is 1. The van der Waals surface area contributed by atoms with Crippen LogP contribution >= 0.6 is 0 Å². The van der Waals surface area contributed by atoms with Gasteiger partial charge in [0.15, 0.2) is 0 Å². The molecule has 0 unspecified atom stereocenters. The third-order valence-corrected chi connectivity index (χ3v) is 6.28. The van der Waals surface area contributed by atoms with E-state index in [2.05, 4.69) is 10.3 Å². The van der Waals surface area contributed by atoms with Gasteiger partial charge in [-0.05, 0) is 50.1 Å². The summed E-state index contributed by atoms with van der Waals surface area (Å²) in [6, 6.07) is 11.8. The van der Waals surface area contributed by atoms with Gasteiger partial charge in [-0.15, -0.1) is 0 Å². The molecule has 1 amide bonds. The molecule has 27 heavy (non-hydrogen) atoms. The van der Waals surface area contributed by atoms with Gasteiger partial charge >= 0.3 is 0 Å². The first kappa shape index (κ1) is 19.3. The van der Waals surface area contributed by atoms with E-state index >= 15 is 0 Å². The lowest BCUT2D eigenvalue weighted by Gasteiger charge is -2.31. The summed E-state index contributed by atoms with van der Waals surface area (Å²) in [4.78, 5) is 15.6. The highest BCUT2D eigenvalue weighted by Crippen LogP contribution is 2.24. The summed E-state index contributed by atoms with van der Waals surface area (Å²) in [6.07, 6.45) is 1.17. The summed E-state index contributed by atoms with van der Waals surface area (Å²) in [5.74, 6) is 0.376. The van der Waals surface area contributed by atoms with Gasteiger partial charge in [-0.2, -0.15) is 4.31 Å². The standard InChI is InChI=1S/C19H23N3O4S/c1-14-4-3-5-19(20-14)26-17-10-12-22(13-11-17)27(24,25)18-8-6-16(7-9-18)21-15(2)23/h3-9,17H,10-13H2,1-2H3,(H,21,23). The molecule has 2 aromatic rings. The molecule has 7 nitrogen and oxygen atoms in total. The van der Waals surface area contributed by atoms with Crippen LogP contribution in [0.3, 0.4) is 0 Å². The summed E-state index contributed by atoms with van der Waals surface area (Å²) in [5.41, 5.74) is 1.45. The zero-order valence-corrected chi connectivity index (χ0v) is 16.2. The highest BCUT2D eigenvalue weighted by molar-refractivity contribution is 7.89. The molecular weight excluding hydrogens is 366 g/mol. The van der Waals surface area contributed by atoms with Crippen LogP contribution < -0.4 is 10.1 Å². The van der Waals surface area contributed by atoms with Crippen LogP contribution in [0.5, 0.6) is 5.88 Å². The van der Waals surface area contributed by atoms with Gasteiger partial charge < -0.3 is 10.1 Å². The maximum atomic E-state index is 12.8. The van der Waals surface area contributed by atoms with Crippen LogP contribution in [0.25, 0.3) is 0 Å². The molecule has 0 aliphatic carbocycles. The van der Waals surface area contributed by atoms with Gasteiger partial charge in [0.25, 0.3) is 0 Å². The predicted octanol–water partition coefficient (Wildman–Crippen LogP) is 2.58. The van der Waals surface area contributed by atoms with Crippen molar-refractivity contribution in [3.63, 3.8) is 0 Å². The Kier molecular flexibility index (Phi) is 5.76. The molecule has 0 atom stereocenters. The highest BCUT2D eigenvalue weighted by Gasteiger charge is 2.30. The fourth-order valence-electron chi connectivity index (χ4n) is 3.01. The fourth-order valence-corrected chi connectivity index (χ4v) is 4.48. The molecule has 1 aromatic carbocycles. The minimum atomic E-state index is -3.56. The molecule has 0 saturated carbocycles. The smallest absolute Gasteiger partial charge is 0.243 e. The van der Waals surface area contributed by atoms with E-state index in [9.17, 15) is 13.2 Å². The number of hydrogen-bond acceptors (Lipinski definition) is 5. The molecular formula is C19H23N3O4S. The number of piperidine rings is 1. The Morgan fingerprint density at radius 1 is 1.15 bits per heavy atom. The molecule has 1 N–H and O–H groups in total. The number of pyridine rings is 1. The lowest BCUT2D eigenvalue weighted by molar-refractivity contribution is -0.114. The lowest BCUT2D eigenvalue weighted by Crippen LogP contribution is -2.41. The molecule has 0 spiro atoms. The first-order chi connectivity index (χ1) is 12.8. The first-order valence-corrected chi connectivity index (χ1v) is 10.3. The number of sulfonamides is 1. The Labute approximate surface area is 159 Å². The van der Waals surface area contributed by atoms with Gasteiger partial charge in [0.05, 0.1) is 4.90 Å². The van der Waals surface area contributed by atoms with Crippen molar-refractivity contribution >= 4 is 21.6 Å². The molecule has 144 valence electrons. The Morgan fingerprint density at radius 2 is 1.81 bits per heavy atom. The third-order valence-electron chi connectivity index (χ3n) is 4.36. The van der Waals surface area contributed by atoms with Crippen molar-refractivity contribution in [3.05, 3.63) is 48.2 Å². The van der Waals surface area contributed by atoms with Crippen molar-refractivity contribution in [2.75, 3.05) is 18.4 Å². The number of aryl methyl sites for hydroxylation is 1. The van der Waals surface area contributed by atoms with Crippen molar-refractivity contribution < 1.29 is 17.9 Å². The SMILES string of the molecule is CC(=O)Nc1ccc(S(=O)(=O)N2CCC(Oc3cccc(C)n3)CC2)cc1. The molecule has 1 aliphatic heterocycles. The number of hydrogen-bond donors (Lipinski definition) is 1. The number of carbonyl (C=O) groups is 1. The second-order valence-corrected chi connectivity index (χ2v) is 8.48. The van der Waals surface area contributed by atoms with Crippen LogP contribution in [0.1, 0.15) is 25.5 Å². The summed E-state index contributed by atoms with van der Waals surface area (Å²) in [6.45, 7) is 4.10. The summed E-state index contributed by atoms with van der Waals surface area (Å²) < 4.78 is 33.0. The van der Waals surface area contributed by atoms with E-state index in [1.807, 2.05) is 25.1 Å². The van der Waals surface area contributed by atoms with E-state index in [-0.39, 0.29) is 16.9 Å². The molecule has 1 fully saturated rings. The number of nitrogens with zero attached hydrogens (tertiary/aromatic N) is 2. The Morgan fingerprint density at radius 3 is 2.41 bits per heavy atom. The average molecular weight is 389 g/mol. The van der Waals surface area contributed by atoms with Gasteiger partial charge in [-0.25, -0.2) is 13.4 Å². The number of benzene rings is 1. The number of amides is 1. The van der Waals surface area contributed by atoms with Crippen LogP contribution in [-0.4, -0.2) is 42.8 Å². The minimum absolute atomic E-state index is 0.0482. The van der Waals surface area contributed by atoms with E-state index in [0.29, 0.717) is 37.5 Å².